The van der Waals surface area contributed by atoms with Crippen LogP contribution in [0.4, 0.5) is 5.69 Å². The van der Waals surface area contributed by atoms with Gasteiger partial charge in [0, 0.05) is 12.2 Å². The average molecular weight is 273 g/mol. The number of halogens is 1. The lowest BCUT2D eigenvalue weighted by Gasteiger charge is -2.22. The highest BCUT2D eigenvalue weighted by Crippen LogP contribution is 2.28. The van der Waals surface area contributed by atoms with Crippen LogP contribution in [0.2, 0.25) is 0 Å². The van der Waals surface area contributed by atoms with Crippen molar-refractivity contribution in [2.45, 2.75) is 16.9 Å². The molecule has 2 heteroatoms. The molecule has 1 nitrogen and oxygen atoms in total. The van der Waals surface area contributed by atoms with Crippen LogP contribution in [0.3, 0.4) is 0 Å². The molecule has 0 aromatic heterocycles. The van der Waals surface area contributed by atoms with Gasteiger partial charge in [0.2, 0.25) is 0 Å². The lowest BCUT2D eigenvalue weighted by Crippen LogP contribution is -2.23. The summed E-state index contributed by atoms with van der Waals surface area (Å²) in [5.41, 5.74) is 1.37. The Bertz CT molecular complexity index is 247. The van der Waals surface area contributed by atoms with Crippen molar-refractivity contribution < 1.29 is 0 Å². The molecule has 1 heterocycles. The Balaban J connectivity index is 2.19. The first-order valence-electron chi connectivity index (χ1n) is 4.34. The summed E-state index contributed by atoms with van der Waals surface area (Å²) in [5, 5.41) is 0. The van der Waals surface area contributed by atoms with Crippen LogP contribution in [0.15, 0.2) is 30.3 Å². The molecule has 0 bridgehead atoms. The van der Waals surface area contributed by atoms with Gasteiger partial charge < -0.3 is 4.90 Å². The SMILES string of the molecule is IC1CCCN1c1ccccc1. The zero-order valence-corrected chi connectivity index (χ0v) is 9.07. The highest BCUT2D eigenvalue weighted by atomic mass is 127. The largest absolute Gasteiger partial charge is 0.360 e. The molecule has 64 valence electrons. The van der Waals surface area contributed by atoms with Gasteiger partial charge >= 0.3 is 0 Å². The number of para-hydroxylation sites is 1. The summed E-state index contributed by atoms with van der Waals surface area (Å²) < 4.78 is 0.699. The molecule has 0 aliphatic carbocycles. The van der Waals surface area contributed by atoms with E-state index in [1.807, 2.05) is 0 Å². The van der Waals surface area contributed by atoms with Crippen LogP contribution >= 0.6 is 22.6 Å². The third-order valence-electron chi connectivity index (χ3n) is 2.27. The van der Waals surface area contributed by atoms with Crippen LogP contribution < -0.4 is 4.90 Å². The molecule has 1 aliphatic rings. The van der Waals surface area contributed by atoms with Gasteiger partial charge in [0.25, 0.3) is 0 Å². The maximum absolute atomic E-state index is 2.52. The van der Waals surface area contributed by atoms with Crippen LogP contribution in [-0.2, 0) is 0 Å². The quantitative estimate of drug-likeness (QED) is 0.432. The van der Waals surface area contributed by atoms with Gasteiger partial charge in [0.05, 0.1) is 4.05 Å². The van der Waals surface area contributed by atoms with Gasteiger partial charge in [-0.3, -0.25) is 0 Å². The van der Waals surface area contributed by atoms with Gasteiger partial charge in [-0.15, -0.1) is 0 Å². The van der Waals surface area contributed by atoms with E-state index in [0.717, 1.165) is 0 Å². The number of anilines is 1. The Morgan fingerprint density at radius 3 is 2.58 bits per heavy atom. The van der Waals surface area contributed by atoms with E-state index in [0.29, 0.717) is 4.05 Å². The highest BCUT2D eigenvalue weighted by molar-refractivity contribution is 14.1. The van der Waals surface area contributed by atoms with Gasteiger partial charge in [-0.05, 0) is 25.0 Å². The topological polar surface area (TPSA) is 3.24 Å². The first-order chi connectivity index (χ1) is 5.88. The molecule has 1 saturated heterocycles. The van der Waals surface area contributed by atoms with Gasteiger partial charge in [-0.25, -0.2) is 0 Å². The normalized spacial score (nSPS) is 23.1. The number of nitrogens with zero attached hydrogens (tertiary/aromatic N) is 1. The van der Waals surface area contributed by atoms with E-state index in [-0.39, 0.29) is 0 Å². The minimum absolute atomic E-state index is 0.699. The standard InChI is InChI=1S/C10H12IN/c11-10-7-4-8-12(10)9-5-2-1-3-6-9/h1-3,5-6,10H,4,7-8H2. The highest BCUT2D eigenvalue weighted by Gasteiger charge is 2.21. The average Bonchev–Trinajstić information content (AvgIpc) is 2.53. The van der Waals surface area contributed by atoms with Crippen molar-refractivity contribution in [3.63, 3.8) is 0 Å². The van der Waals surface area contributed by atoms with E-state index in [1.54, 1.807) is 0 Å². The Morgan fingerprint density at radius 1 is 1.25 bits per heavy atom. The molecule has 1 unspecified atom stereocenters. The smallest absolute Gasteiger partial charge is 0.0809 e. The lowest BCUT2D eigenvalue weighted by molar-refractivity contribution is 0.926. The van der Waals surface area contributed by atoms with Crippen LogP contribution in [0, 0.1) is 0 Å². The Kier molecular flexibility index (Phi) is 2.54. The number of benzene rings is 1. The Labute approximate surface area is 86.9 Å². The van der Waals surface area contributed by atoms with E-state index in [1.165, 1.54) is 25.1 Å². The molecule has 0 amide bonds. The molecular weight excluding hydrogens is 261 g/mol. The van der Waals surface area contributed by atoms with E-state index in [2.05, 4.69) is 57.8 Å². The number of hydrogen-bond acceptors (Lipinski definition) is 1. The fourth-order valence-electron chi connectivity index (χ4n) is 1.64. The second kappa shape index (κ2) is 3.64. The van der Waals surface area contributed by atoms with Crippen molar-refractivity contribution in [1.29, 1.82) is 0 Å². The maximum Gasteiger partial charge on any atom is 0.0809 e. The van der Waals surface area contributed by atoms with Crippen molar-refractivity contribution in [3.05, 3.63) is 30.3 Å². The Hall–Kier alpha value is -0.250. The van der Waals surface area contributed by atoms with Gasteiger partial charge in [-0.2, -0.15) is 0 Å². The first kappa shape index (κ1) is 8.35. The predicted octanol–water partition coefficient (Wildman–Crippen LogP) is 3.05. The molecule has 1 fully saturated rings. The summed E-state index contributed by atoms with van der Waals surface area (Å²) in [6.45, 7) is 1.22. The molecule has 2 rings (SSSR count). The van der Waals surface area contributed by atoms with E-state index in [4.69, 9.17) is 0 Å². The number of rotatable bonds is 1. The van der Waals surface area contributed by atoms with Crippen molar-refractivity contribution in [2.24, 2.45) is 0 Å². The van der Waals surface area contributed by atoms with Crippen LogP contribution in [0.5, 0.6) is 0 Å². The second-order valence-corrected chi connectivity index (χ2v) is 4.54. The van der Waals surface area contributed by atoms with Gasteiger partial charge in [-0.1, -0.05) is 40.8 Å². The Morgan fingerprint density at radius 2 is 2.00 bits per heavy atom. The van der Waals surface area contributed by atoms with E-state index < -0.39 is 0 Å². The summed E-state index contributed by atoms with van der Waals surface area (Å²) in [7, 11) is 0. The summed E-state index contributed by atoms with van der Waals surface area (Å²) >= 11 is 2.52. The summed E-state index contributed by atoms with van der Waals surface area (Å²) in [5.74, 6) is 0. The van der Waals surface area contributed by atoms with Crippen molar-refractivity contribution in [3.8, 4) is 0 Å². The van der Waals surface area contributed by atoms with Crippen molar-refractivity contribution in [2.75, 3.05) is 11.4 Å². The van der Waals surface area contributed by atoms with Crippen LogP contribution in [0.25, 0.3) is 0 Å². The van der Waals surface area contributed by atoms with Gasteiger partial charge in [0.15, 0.2) is 0 Å². The summed E-state index contributed by atoms with van der Waals surface area (Å²) in [6, 6.07) is 10.7. The monoisotopic (exact) mass is 273 g/mol. The molecule has 0 N–H and O–H groups in total. The second-order valence-electron chi connectivity index (χ2n) is 3.11. The molecule has 12 heavy (non-hydrogen) atoms. The summed E-state index contributed by atoms with van der Waals surface area (Å²) in [6.07, 6.45) is 2.66. The van der Waals surface area contributed by atoms with Crippen LogP contribution in [0.1, 0.15) is 12.8 Å². The predicted molar refractivity (Wildman–Crippen MR) is 60.8 cm³/mol. The lowest BCUT2D eigenvalue weighted by atomic mass is 10.3. The first-order valence-corrected chi connectivity index (χ1v) is 5.58. The third kappa shape index (κ3) is 1.58. The molecule has 1 aromatic rings. The van der Waals surface area contributed by atoms with E-state index in [9.17, 15) is 0 Å². The zero-order chi connectivity index (χ0) is 8.39. The minimum Gasteiger partial charge on any atom is -0.360 e. The van der Waals surface area contributed by atoms with E-state index >= 15 is 0 Å². The third-order valence-corrected chi connectivity index (χ3v) is 3.56. The molecule has 1 aliphatic heterocycles. The number of alkyl halides is 1. The van der Waals surface area contributed by atoms with Gasteiger partial charge in [0.1, 0.15) is 0 Å². The summed E-state index contributed by atoms with van der Waals surface area (Å²) in [4.78, 5) is 2.47. The molecule has 1 atom stereocenters. The number of hydrogen-bond donors (Lipinski definition) is 0. The zero-order valence-electron chi connectivity index (χ0n) is 6.91. The molecule has 0 spiro atoms. The fraction of sp³-hybridized carbons (Fsp3) is 0.400. The van der Waals surface area contributed by atoms with Crippen LogP contribution in [-0.4, -0.2) is 10.6 Å². The molecule has 1 aromatic carbocycles. The van der Waals surface area contributed by atoms with Crippen molar-refractivity contribution >= 4 is 28.3 Å². The molecular formula is C10H12IN. The maximum atomic E-state index is 2.52. The fourth-order valence-corrected chi connectivity index (χ4v) is 2.68. The van der Waals surface area contributed by atoms with Crippen molar-refractivity contribution in [1.82, 2.24) is 0 Å². The minimum atomic E-state index is 0.699. The molecule has 0 saturated carbocycles. The molecule has 0 radical (unpaired) electrons.